The zero-order chi connectivity index (χ0) is 27.1. The maximum absolute atomic E-state index is 14.2. The molecule has 0 radical (unpaired) electrons. The smallest absolute Gasteiger partial charge is 0.246 e. The molecule has 5 unspecified atom stereocenters. The number of rotatable bonds is 7. The molecule has 0 aromatic heterocycles. The van der Waals surface area contributed by atoms with Crippen molar-refractivity contribution in [1.82, 2.24) is 10.2 Å². The molecule has 39 heavy (non-hydrogen) atoms. The molecule has 5 atom stereocenters. The molecular formula is C30H32BrN3O5. The number of hydrogen-bond acceptors (Lipinski definition) is 5. The Bertz CT molecular complexity index is 1310. The summed E-state index contributed by atoms with van der Waals surface area (Å²) in [4.78, 5) is 43.3. The van der Waals surface area contributed by atoms with E-state index in [1.165, 1.54) is 6.42 Å². The predicted molar refractivity (Wildman–Crippen MR) is 149 cm³/mol. The summed E-state index contributed by atoms with van der Waals surface area (Å²) < 4.78 is 12.7. The predicted octanol–water partition coefficient (Wildman–Crippen LogP) is 4.20. The first kappa shape index (κ1) is 26.1. The number of carbonyl (C=O) groups is 3. The Kier molecular flexibility index (Phi) is 6.97. The second-order valence-electron chi connectivity index (χ2n) is 10.9. The Morgan fingerprint density at radius 1 is 1.10 bits per heavy atom. The molecule has 204 valence electrons. The first-order valence-electron chi connectivity index (χ1n) is 13.6. The van der Waals surface area contributed by atoms with Crippen LogP contribution in [0.2, 0.25) is 0 Å². The van der Waals surface area contributed by atoms with Gasteiger partial charge in [0.25, 0.3) is 0 Å². The van der Waals surface area contributed by atoms with Crippen LogP contribution in [0.15, 0.2) is 65.2 Å². The lowest BCUT2D eigenvalue weighted by atomic mass is 9.74. The van der Waals surface area contributed by atoms with Crippen molar-refractivity contribution in [3.05, 3.63) is 70.7 Å². The number of anilines is 1. The fraction of sp³-hybridized carbons (Fsp3) is 0.433. The van der Waals surface area contributed by atoms with Crippen molar-refractivity contribution < 1.29 is 23.9 Å². The maximum atomic E-state index is 14.2. The van der Waals surface area contributed by atoms with Gasteiger partial charge in [-0.15, -0.1) is 0 Å². The number of likely N-dealkylation sites (tertiary alicyclic amines) is 1. The molecule has 1 aliphatic carbocycles. The summed E-state index contributed by atoms with van der Waals surface area (Å²) in [5, 5.41) is 6.18. The van der Waals surface area contributed by atoms with Crippen LogP contribution in [0.4, 0.5) is 5.69 Å². The molecule has 1 saturated carbocycles. The molecule has 9 heteroatoms. The Morgan fingerprint density at radius 2 is 1.87 bits per heavy atom. The summed E-state index contributed by atoms with van der Waals surface area (Å²) in [6, 6.07) is 14.0. The number of halogens is 1. The molecule has 3 heterocycles. The highest BCUT2D eigenvalue weighted by Crippen LogP contribution is 2.55. The third-order valence-corrected chi connectivity index (χ3v) is 9.00. The number of nitrogens with one attached hydrogen (secondary N) is 2. The van der Waals surface area contributed by atoms with Crippen molar-refractivity contribution in [2.45, 2.75) is 62.4 Å². The molecule has 6 rings (SSSR count). The van der Waals surface area contributed by atoms with Gasteiger partial charge in [-0.25, -0.2) is 0 Å². The summed E-state index contributed by atoms with van der Waals surface area (Å²) in [5.74, 6) is -1.63. The second-order valence-corrected chi connectivity index (χ2v) is 11.8. The number of amides is 3. The van der Waals surface area contributed by atoms with E-state index in [1.807, 2.05) is 48.6 Å². The molecule has 3 fully saturated rings. The first-order chi connectivity index (χ1) is 18.9. The van der Waals surface area contributed by atoms with E-state index in [4.69, 9.17) is 9.47 Å². The molecule has 2 bridgehead atoms. The van der Waals surface area contributed by atoms with E-state index in [-0.39, 0.29) is 30.3 Å². The van der Waals surface area contributed by atoms with E-state index in [2.05, 4.69) is 26.6 Å². The standard InChI is InChI=1S/C30H32BrN3O5/c1-38-22-9-5-6-18(16-22)17-34-26(28(36)33-20-7-3-2-4-8-20)30-15-14-23(39-30)24(25(30)29(34)37)27(35)32-21-12-10-19(31)11-13-21/h5-6,9-16,20,23-26H,2-4,7-8,17H2,1H3,(H,32,35)(H,33,36). The monoisotopic (exact) mass is 593 g/mol. The van der Waals surface area contributed by atoms with E-state index in [1.54, 1.807) is 24.1 Å². The highest BCUT2D eigenvalue weighted by Gasteiger charge is 2.72. The summed E-state index contributed by atoms with van der Waals surface area (Å²) in [7, 11) is 1.59. The van der Waals surface area contributed by atoms with Gasteiger partial charge in [-0.3, -0.25) is 14.4 Å². The molecular weight excluding hydrogens is 562 g/mol. The van der Waals surface area contributed by atoms with Crippen LogP contribution in [0.5, 0.6) is 5.75 Å². The Hall–Kier alpha value is -3.17. The number of fused-ring (bicyclic) bond motifs is 1. The number of methoxy groups -OCH3 is 1. The van der Waals surface area contributed by atoms with Gasteiger partial charge in [-0.1, -0.05) is 59.5 Å². The zero-order valence-electron chi connectivity index (χ0n) is 21.8. The number of ether oxygens (including phenoxy) is 2. The number of carbonyl (C=O) groups excluding carboxylic acids is 3. The normalized spacial score (nSPS) is 29.4. The SMILES string of the molecule is COc1cccc(CN2C(=O)C3C(C(=O)Nc4ccc(Br)cc4)C4C=CC3(O4)C2C(=O)NC2CCCCC2)c1. The van der Waals surface area contributed by atoms with Crippen molar-refractivity contribution in [3.63, 3.8) is 0 Å². The Morgan fingerprint density at radius 3 is 2.62 bits per heavy atom. The third-order valence-electron chi connectivity index (χ3n) is 8.48. The van der Waals surface area contributed by atoms with E-state index in [9.17, 15) is 14.4 Å². The Labute approximate surface area is 236 Å². The topological polar surface area (TPSA) is 97.0 Å². The molecule has 3 amide bonds. The minimum atomic E-state index is -1.19. The summed E-state index contributed by atoms with van der Waals surface area (Å²) in [5.41, 5.74) is 0.277. The fourth-order valence-corrected chi connectivity index (χ4v) is 6.96. The van der Waals surface area contributed by atoms with Crippen LogP contribution in [0.25, 0.3) is 0 Å². The van der Waals surface area contributed by atoms with Gasteiger partial charge in [0.05, 0.1) is 25.0 Å². The van der Waals surface area contributed by atoms with Crippen LogP contribution in [-0.2, 0) is 25.7 Å². The first-order valence-corrected chi connectivity index (χ1v) is 14.4. The summed E-state index contributed by atoms with van der Waals surface area (Å²) in [6.07, 6.45) is 8.29. The highest BCUT2D eigenvalue weighted by atomic mass is 79.9. The van der Waals surface area contributed by atoms with Gasteiger partial charge in [0, 0.05) is 22.7 Å². The number of benzene rings is 2. The maximum Gasteiger partial charge on any atom is 0.246 e. The van der Waals surface area contributed by atoms with E-state index >= 15 is 0 Å². The molecule has 2 N–H and O–H groups in total. The van der Waals surface area contributed by atoms with Gasteiger partial charge >= 0.3 is 0 Å². The van der Waals surface area contributed by atoms with Crippen LogP contribution < -0.4 is 15.4 Å². The van der Waals surface area contributed by atoms with Crippen LogP contribution >= 0.6 is 15.9 Å². The number of hydrogen-bond donors (Lipinski definition) is 2. The summed E-state index contributed by atoms with van der Waals surface area (Å²) in [6.45, 7) is 0.208. The third kappa shape index (κ3) is 4.65. The van der Waals surface area contributed by atoms with E-state index in [0.717, 1.165) is 35.7 Å². The van der Waals surface area contributed by atoms with E-state index in [0.29, 0.717) is 11.4 Å². The molecule has 8 nitrogen and oxygen atoms in total. The highest BCUT2D eigenvalue weighted by molar-refractivity contribution is 9.10. The fourth-order valence-electron chi connectivity index (χ4n) is 6.69. The Balaban J connectivity index is 1.32. The van der Waals surface area contributed by atoms with Crippen LogP contribution in [0.3, 0.4) is 0 Å². The molecule has 2 aromatic rings. The van der Waals surface area contributed by atoms with Gasteiger partial charge in [-0.2, -0.15) is 0 Å². The van der Waals surface area contributed by atoms with Gasteiger partial charge < -0.3 is 25.0 Å². The lowest BCUT2D eigenvalue weighted by molar-refractivity contribution is -0.142. The van der Waals surface area contributed by atoms with Gasteiger partial charge in [0.2, 0.25) is 17.7 Å². The average Bonchev–Trinajstić information content (AvgIpc) is 3.58. The van der Waals surface area contributed by atoms with Crippen LogP contribution in [-0.4, -0.2) is 53.5 Å². The van der Waals surface area contributed by atoms with Crippen molar-refractivity contribution in [1.29, 1.82) is 0 Å². The lowest BCUT2D eigenvalue weighted by Crippen LogP contribution is -2.56. The second kappa shape index (κ2) is 10.4. The van der Waals surface area contributed by atoms with Gasteiger partial charge in [0.15, 0.2) is 0 Å². The van der Waals surface area contributed by atoms with Gasteiger partial charge in [-0.05, 0) is 54.8 Å². The average molecular weight is 595 g/mol. The molecule has 2 saturated heterocycles. The summed E-state index contributed by atoms with van der Waals surface area (Å²) >= 11 is 3.41. The van der Waals surface area contributed by atoms with Crippen molar-refractivity contribution >= 4 is 39.3 Å². The molecule has 2 aromatic carbocycles. The quantitative estimate of drug-likeness (QED) is 0.469. The molecule has 4 aliphatic rings. The van der Waals surface area contributed by atoms with Crippen LogP contribution in [0, 0.1) is 11.8 Å². The molecule has 3 aliphatic heterocycles. The lowest BCUT2D eigenvalue weighted by Gasteiger charge is -2.34. The number of nitrogens with zero attached hydrogens (tertiary/aromatic N) is 1. The van der Waals surface area contributed by atoms with E-state index < -0.39 is 29.6 Å². The van der Waals surface area contributed by atoms with Crippen LogP contribution in [0.1, 0.15) is 37.7 Å². The minimum absolute atomic E-state index is 0.0783. The zero-order valence-corrected chi connectivity index (χ0v) is 23.4. The van der Waals surface area contributed by atoms with Gasteiger partial charge in [0.1, 0.15) is 17.4 Å². The minimum Gasteiger partial charge on any atom is -0.497 e. The molecule has 1 spiro atoms. The largest absolute Gasteiger partial charge is 0.497 e. The van der Waals surface area contributed by atoms with Crippen molar-refractivity contribution in [2.24, 2.45) is 11.8 Å². The van der Waals surface area contributed by atoms with Crippen molar-refractivity contribution in [3.8, 4) is 5.75 Å². The van der Waals surface area contributed by atoms with Crippen molar-refractivity contribution in [2.75, 3.05) is 12.4 Å².